The van der Waals surface area contributed by atoms with E-state index in [0.29, 0.717) is 11.0 Å². The van der Waals surface area contributed by atoms with Gasteiger partial charge in [-0.2, -0.15) is 0 Å². The standard InChI is InChI=1S/C11H6BrClN2S2/c1-5-2-7-9(13)14-10(15-11(7)17-5)8-3-6(12)4-16-8/h2-4H,1H3. The second-order valence-corrected chi connectivity index (χ2v) is 6.96. The molecule has 0 unspecified atom stereocenters. The molecule has 0 saturated heterocycles. The van der Waals surface area contributed by atoms with E-state index in [-0.39, 0.29) is 0 Å². The number of hydrogen-bond donors (Lipinski definition) is 0. The van der Waals surface area contributed by atoms with Crippen molar-refractivity contribution >= 4 is 60.4 Å². The third kappa shape index (κ3) is 2.12. The van der Waals surface area contributed by atoms with Crippen molar-refractivity contribution in [1.82, 2.24) is 9.97 Å². The van der Waals surface area contributed by atoms with Crippen LogP contribution in [0.4, 0.5) is 0 Å². The van der Waals surface area contributed by atoms with Crippen LogP contribution in [0.1, 0.15) is 4.88 Å². The zero-order valence-electron chi connectivity index (χ0n) is 8.70. The van der Waals surface area contributed by atoms with Crippen molar-refractivity contribution in [2.75, 3.05) is 0 Å². The Labute approximate surface area is 119 Å². The van der Waals surface area contributed by atoms with E-state index in [1.807, 2.05) is 24.4 Å². The maximum Gasteiger partial charge on any atom is 0.172 e. The topological polar surface area (TPSA) is 25.8 Å². The molecule has 86 valence electrons. The maximum atomic E-state index is 6.18. The van der Waals surface area contributed by atoms with E-state index >= 15 is 0 Å². The summed E-state index contributed by atoms with van der Waals surface area (Å²) < 4.78 is 1.04. The Hall–Kier alpha value is -0.490. The molecule has 0 aliphatic heterocycles. The largest absolute Gasteiger partial charge is 0.216 e. The van der Waals surface area contributed by atoms with Crippen LogP contribution in [-0.4, -0.2) is 9.97 Å². The number of aromatic nitrogens is 2. The first kappa shape index (κ1) is 11.6. The van der Waals surface area contributed by atoms with E-state index in [0.717, 1.165) is 19.6 Å². The molecular formula is C11H6BrClN2S2. The molecule has 0 amide bonds. The van der Waals surface area contributed by atoms with Gasteiger partial charge in [0.2, 0.25) is 0 Å². The van der Waals surface area contributed by atoms with Gasteiger partial charge in [0.15, 0.2) is 5.82 Å². The molecule has 0 N–H and O–H groups in total. The molecule has 0 fully saturated rings. The fraction of sp³-hybridized carbons (Fsp3) is 0.0909. The van der Waals surface area contributed by atoms with Gasteiger partial charge in [-0.15, -0.1) is 22.7 Å². The monoisotopic (exact) mass is 344 g/mol. The molecule has 3 rings (SSSR count). The van der Waals surface area contributed by atoms with Gasteiger partial charge in [-0.1, -0.05) is 11.6 Å². The van der Waals surface area contributed by atoms with Crippen LogP contribution in [-0.2, 0) is 0 Å². The molecule has 0 spiro atoms. The molecule has 17 heavy (non-hydrogen) atoms. The van der Waals surface area contributed by atoms with Gasteiger partial charge in [0.25, 0.3) is 0 Å². The molecule has 0 aliphatic carbocycles. The predicted octanol–water partition coefficient (Wildman–Crippen LogP) is 5.14. The summed E-state index contributed by atoms with van der Waals surface area (Å²) in [5.74, 6) is 0.694. The van der Waals surface area contributed by atoms with Crippen LogP contribution >= 0.6 is 50.2 Å². The van der Waals surface area contributed by atoms with Gasteiger partial charge in [-0.05, 0) is 35.0 Å². The van der Waals surface area contributed by atoms with E-state index < -0.39 is 0 Å². The van der Waals surface area contributed by atoms with Crippen LogP contribution in [0.15, 0.2) is 22.0 Å². The van der Waals surface area contributed by atoms with Gasteiger partial charge in [0.05, 0.1) is 4.88 Å². The van der Waals surface area contributed by atoms with E-state index in [2.05, 4.69) is 25.9 Å². The minimum absolute atomic E-state index is 0.527. The average molecular weight is 346 g/mol. The van der Waals surface area contributed by atoms with E-state index in [1.54, 1.807) is 22.7 Å². The Morgan fingerprint density at radius 3 is 2.82 bits per heavy atom. The summed E-state index contributed by atoms with van der Waals surface area (Å²) in [6, 6.07) is 4.03. The third-order valence-electron chi connectivity index (χ3n) is 2.26. The van der Waals surface area contributed by atoms with Gasteiger partial charge < -0.3 is 0 Å². The Kier molecular flexibility index (Phi) is 2.94. The summed E-state index contributed by atoms with van der Waals surface area (Å²) in [6.45, 7) is 2.05. The molecule has 0 bridgehead atoms. The number of fused-ring (bicyclic) bond motifs is 1. The zero-order chi connectivity index (χ0) is 12.0. The molecule has 0 atom stereocenters. The van der Waals surface area contributed by atoms with Gasteiger partial charge >= 0.3 is 0 Å². The highest BCUT2D eigenvalue weighted by atomic mass is 79.9. The predicted molar refractivity (Wildman–Crippen MR) is 78.2 cm³/mol. The molecule has 3 aromatic heterocycles. The Morgan fingerprint density at radius 2 is 2.12 bits per heavy atom. The molecule has 2 nitrogen and oxygen atoms in total. The summed E-state index contributed by atoms with van der Waals surface area (Å²) in [6.07, 6.45) is 0. The highest BCUT2D eigenvalue weighted by Crippen LogP contribution is 2.33. The second kappa shape index (κ2) is 4.31. The summed E-state index contributed by atoms with van der Waals surface area (Å²) in [4.78, 5) is 12.1. The molecule has 0 aliphatic rings. The molecule has 0 saturated carbocycles. The lowest BCUT2D eigenvalue weighted by Crippen LogP contribution is -1.86. The van der Waals surface area contributed by atoms with Crippen molar-refractivity contribution in [2.24, 2.45) is 0 Å². The molecule has 0 aromatic carbocycles. The summed E-state index contributed by atoms with van der Waals surface area (Å²) in [7, 11) is 0. The summed E-state index contributed by atoms with van der Waals surface area (Å²) in [5.41, 5.74) is 0. The minimum atomic E-state index is 0.527. The number of rotatable bonds is 1. The molecule has 0 radical (unpaired) electrons. The lowest BCUT2D eigenvalue weighted by Gasteiger charge is -1.98. The molecular weight excluding hydrogens is 340 g/mol. The highest BCUT2D eigenvalue weighted by Gasteiger charge is 2.11. The number of thiophene rings is 2. The Morgan fingerprint density at radius 1 is 1.29 bits per heavy atom. The van der Waals surface area contributed by atoms with Crippen LogP contribution in [0.25, 0.3) is 20.9 Å². The fourth-order valence-corrected chi connectivity index (χ4v) is 4.07. The molecule has 3 aromatic rings. The molecule has 6 heteroatoms. The minimum Gasteiger partial charge on any atom is -0.216 e. The fourth-order valence-electron chi connectivity index (χ4n) is 1.55. The molecule has 3 heterocycles. The van der Waals surface area contributed by atoms with Crippen LogP contribution in [0.3, 0.4) is 0 Å². The smallest absolute Gasteiger partial charge is 0.172 e. The van der Waals surface area contributed by atoms with Gasteiger partial charge in [-0.25, -0.2) is 9.97 Å². The Balaban J connectivity index is 2.24. The first-order valence-corrected chi connectivity index (χ1v) is 7.68. The van der Waals surface area contributed by atoms with Gasteiger partial charge in [0.1, 0.15) is 9.98 Å². The quantitative estimate of drug-likeness (QED) is 0.570. The second-order valence-electron chi connectivity index (χ2n) is 3.54. The van der Waals surface area contributed by atoms with Crippen LogP contribution in [0.5, 0.6) is 0 Å². The average Bonchev–Trinajstić information content (AvgIpc) is 2.83. The third-order valence-corrected chi connectivity index (χ3v) is 5.18. The van der Waals surface area contributed by atoms with Crippen molar-refractivity contribution in [2.45, 2.75) is 6.92 Å². The van der Waals surface area contributed by atoms with Crippen molar-refractivity contribution in [3.63, 3.8) is 0 Å². The van der Waals surface area contributed by atoms with E-state index in [9.17, 15) is 0 Å². The first-order valence-electron chi connectivity index (χ1n) is 4.81. The summed E-state index contributed by atoms with van der Waals surface area (Å²) >= 11 is 12.8. The number of aryl methyl sites for hydroxylation is 1. The van der Waals surface area contributed by atoms with Crippen molar-refractivity contribution < 1.29 is 0 Å². The maximum absolute atomic E-state index is 6.18. The van der Waals surface area contributed by atoms with Crippen molar-refractivity contribution in [1.29, 1.82) is 0 Å². The van der Waals surface area contributed by atoms with Gasteiger partial charge in [-0.3, -0.25) is 0 Å². The SMILES string of the molecule is Cc1cc2c(Cl)nc(-c3cc(Br)cs3)nc2s1. The lowest BCUT2D eigenvalue weighted by atomic mass is 10.3. The zero-order valence-corrected chi connectivity index (χ0v) is 12.7. The van der Waals surface area contributed by atoms with Gasteiger partial charge in [0, 0.05) is 20.1 Å². The Bertz CT molecular complexity index is 705. The van der Waals surface area contributed by atoms with Crippen LogP contribution < -0.4 is 0 Å². The van der Waals surface area contributed by atoms with Crippen LogP contribution in [0.2, 0.25) is 5.15 Å². The van der Waals surface area contributed by atoms with E-state index in [1.165, 1.54) is 4.88 Å². The number of nitrogens with zero attached hydrogens (tertiary/aromatic N) is 2. The first-order chi connectivity index (χ1) is 8.13. The van der Waals surface area contributed by atoms with Crippen molar-refractivity contribution in [3.05, 3.63) is 32.0 Å². The summed E-state index contributed by atoms with van der Waals surface area (Å²) in [5, 5.41) is 3.48. The number of hydrogen-bond acceptors (Lipinski definition) is 4. The van der Waals surface area contributed by atoms with Crippen molar-refractivity contribution in [3.8, 4) is 10.7 Å². The lowest BCUT2D eigenvalue weighted by molar-refractivity contribution is 1.25. The number of halogens is 2. The highest BCUT2D eigenvalue weighted by molar-refractivity contribution is 9.10. The normalized spacial score (nSPS) is 11.2. The van der Waals surface area contributed by atoms with Crippen LogP contribution in [0, 0.1) is 6.92 Å². The van der Waals surface area contributed by atoms with E-state index in [4.69, 9.17) is 11.6 Å².